The Labute approximate surface area is 174 Å². The summed E-state index contributed by atoms with van der Waals surface area (Å²) in [5.74, 6) is 0.240. The lowest BCUT2D eigenvalue weighted by atomic mass is 9.73. The van der Waals surface area contributed by atoms with Crippen LogP contribution in [0.1, 0.15) is 27.2 Å². The average molecular weight is 424 g/mol. The number of rotatable bonds is 7. The van der Waals surface area contributed by atoms with Crippen molar-refractivity contribution in [2.75, 3.05) is 49.2 Å². The number of carbonyl (C=O) groups excluding carboxylic acids is 1. The van der Waals surface area contributed by atoms with E-state index in [0.717, 1.165) is 24.4 Å². The van der Waals surface area contributed by atoms with Gasteiger partial charge in [0.1, 0.15) is 11.5 Å². The van der Waals surface area contributed by atoms with Crippen LogP contribution in [0.5, 0.6) is 5.75 Å². The zero-order valence-corrected chi connectivity index (χ0v) is 18.5. The molecule has 0 radical (unpaired) electrons. The molecule has 162 valence electrons. The molecule has 1 amide bonds. The second kappa shape index (κ2) is 8.52. The second-order valence-electron chi connectivity index (χ2n) is 8.83. The van der Waals surface area contributed by atoms with Gasteiger partial charge in [0.2, 0.25) is 5.91 Å². The molecule has 2 bridgehead atoms. The van der Waals surface area contributed by atoms with Crippen LogP contribution >= 0.6 is 0 Å². The fourth-order valence-electron chi connectivity index (χ4n) is 4.76. The lowest BCUT2D eigenvalue weighted by Gasteiger charge is -2.48. The van der Waals surface area contributed by atoms with Gasteiger partial charge in [0.05, 0.1) is 18.4 Å². The van der Waals surface area contributed by atoms with Crippen LogP contribution in [0, 0.1) is 11.3 Å². The molecule has 3 aliphatic heterocycles. The third kappa shape index (κ3) is 5.04. The molecule has 3 heterocycles. The van der Waals surface area contributed by atoms with Crippen molar-refractivity contribution >= 4 is 21.4 Å². The van der Waals surface area contributed by atoms with Crippen molar-refractivity contribution in [3.05, 3.63) is 24.3 Å². The van der Waals surface area contributed by atoms with Crippen LogP contribution in [0.25, 0.3) is 0 Å². The first-order chi connectivity index (χ1) is 13.6. The van der Waals surface area contributed by atoms with Gasteiger partial charge in [-0.25, -0.2) is 8.42 Å². The van der Waals surface area contributed by atoms with Crippen molar-refractivity contribution in [2.45, 2.75) is 33.2 Å². The highest BCUT2D eigenvalue weighted by atomic mass is 32.2. The summed E-state index contributed by atoms with van der Waals surface area (Å²) in [7, 11) is -3.46. The van der Waals surface area contributed by atoms with E-state index in [0.29, 0.717) is 25.6 Å². The Morgan fingerprint density at radius 2 is 1.90 bits per heavy atom. The summed E-state index contributed by atoms with van der Waals surface area (Å²) < 4.78 is 29.7. The minimum Gasteiger partial charge on any atom is -0.494 e. The molecule has 1 aromatic rings. The van der Waals surface area contributed by atoms with Crippen LogP contribution in [0.3, 0.4) is 0 Å². The smallest absolute Gasteiger partial charge is 0.237 e. The molecule has 0 saturated carbocycles. The van der Waals surface area contributed by atoms with Gasteiger partial charge < -0.3 is 20.3 Å². The molecule has 3 saturated heterocycles. The minimum atomic E-state index is -3.46. The van der Waals surface area contributed by atoms with E-state index in [2.05, 4.69) is 30.9 Å². The van der Waals surface area contributed by atoms with E-state index in [1.165, 1.54) is 0 Å². The van der Waals surface area contributed by atoms with Crippen LogP contribution in [-0.2, 0) is 14.6 Å². The lowest BCUT2D eigenvalue weighted by Crippen LogP contribution is -2.54. The number of amides is 1. The molecule has 8 heteroatoms. The Bertz CT molecular complexity index is 823. The molecule has 2 atom stereocenters. The Balaban J connectivity index is 1.81. The third-order valence-electron chi connectivity index (χ3n) is 6.02. The molecular weight excluding hydrogens is 390 g/mol. The summed E-state index contributed by atoms with van der Waals surface area (Å²) in [4.78, 5) is 16.9. The van der Waals surface area contributed by atoms with Gasteiger partial charge in [-0.2, -0.15) is 0 Å². The summed E-state index contributed by atoms with van der Waals surface area (Å²) >= 11 is 0. The minimum absolute atomic E-state index is 0.0205. The molecule has 0 spiro atoms. The molecule has 2 N–H and O–H groups in total. The molecule has 0 unspecified atom stereocenters. The number of hydrogen-bond acceptors (Lipinski definition) is 6. The first-order valence-corrected chi connectivity index (χ1v) is 12.1. The summed E-state index contributed by atoms with van der Waals surface area (Å²) in [6.07, 6.45) is 1.02. The number of anilines is 1. The average Bonchev–Trinajstić information content (AvgIpc) is 2.89. The van der Waals surface area contributed by atoms with Crippen LogP contribution in [-0.4, -0.2) is 69.6 Å². The topological polar surface area (TPSA) is 92.9 Å². The first-order valence-electron chi connectivity index (χ1n) is 10.3. The third-order valence-corrected chi connectivity index (χ3v) is 7.57. The van der Waals surface area contributed by atoms with Crippen molar-refractivity contribution in [1.29, 1.82) is 0 Å². The fraction of sp³-hybridized carbons (Fsp3) is 0.667. The monoisotopic (exact) mass is 423 g/mol. The molecule has 3 fully saturated rings. The number of hydrogen-bond donors (Lipinski definition) is 1. The number of carbonyl (C=O) groups is 1. The number of ether oxygens (including phenoxy) is 1. The van der Waals surface area contributed by atoms with E-state index < -0.39 is 15.6 Å². The Kier molecular flexibility index (Phi) is 6.43. The van der Waals surface area contributed by atoms with Gasteiger partial charge in [0.15, 0.2) is 9.84 Å². The largest absolute Gasteiger partial charge is 0.494 e. The Hall–Kier alpha value is -1.80. The number of sulfone groups is 1. The highest BCUT2D eigenvalue weighted by molar-refractivity contribution is 7.92. The van der Waals surface area contributed by atoms with E-state index >= 15 is 0 Å². The summed E-state index contributed by atoms with van der Waals surface area (Å²) in [5.41, 5.74) is 6.51. The maximum Gasteiger partial charge on any atom is 0.237 e. The van der Waals surface area contributed by atoms with Crippen molar-refractivity contribution in [2.24, 2.45) is 17.1 Å². The first kappa shape index (κ1) is 21.9. The van der Waals surface area contributed by atoms with Crippen LogP contribution in [0.15, 0.2) is 24.3 Å². The molecule has 0 aliphatic carbocycles. The van der Waals surface area contributed by atoms with Crippen LogP contribution < -0.4 is 15.4 Å². The van der Waals surface area contributed by atoms with Gasteiger partial charge in [-0.05, 0) is 48.9 Å². The van der Waals surface area contributed by atoms with E-state index in [9.17, 15) is 13.2 Å². The maximum atomic E-state index is 12.8. The quantitative estimate of drug-likeness (QED) is 0.715. The number of nitrogens with two attached hydrogens (primary N) is 1. The lowest BCUT2D eigenvalue weighted by molar-refractivity contribution is -0.128. The standard InChI is InChI=1S/C21H33N3O4S/c1-4-28-18-7-5-17(6-8-18)24-13-16-11-21(2,3)19(24)14-23(12-16)20(25)15-29(26,27)10-9-22/h5-8,16,19H,4,9-15,22H2,1-3H3/t16-,19-/m1/s1. The molecule has 7 nitrogen and oxygen atoms in total. The molecule has 3 aliphatic rings. The Morgan fingerprint density at radius 3 is 2.52 bits per heavy atom. The number of piperidine rings is 1. The van der Waals surface area contributed by atoms with Gasteiger partial charge in [-0.1, -0.05) is 13.8 Å². The summed E-state index contributed by atoms with van der Waals surface area (Å²) in [5, 5.41) is 0. The van der Waals surface area contributed by atoms with Gasteiger partial charge in [0.25, 0.3) is 0 Å². The molecule has 1 aromatic carbocycles. The second-order valence-corrected chi connectivity index (χ2v) is 11.0. The van der Waals surface area contributed by atoms with Crippen molar-refractivity contribution in [3.63, 3.8) is 0 Å². The highest BCUT2D eigenvalue weighted by Gasteiger charge is 2.46. The van der Waals surface area contributed by atoms with Gasteiger partial charge in [-0.3, -0.25) is 4.79 Å². The van der Waals surface area contributed by atoms with Gasteiger partial charge >= 0.3 is 0 Å². The van der Waals surface area contributed by atoms with E-state index in [4.69, 9.17) is 10.5 Å². The van der Waals surface area contributed by atoms with Gasteiger partial charge in [0, 0.05) is 31.9 Å². The predicted molar refractivity (Wildman–Crippen MR) is 115 cm³/mol. The normalized spacial score (nSPS) is 23.7. The van der Waals surface area contributed by atoms with Crippen molar-refractivity contribution in [3.8, 4) is 5.75 Å². The maximum absolute atomic E-state index is 12.8. The predicted octanol–water partition coefficient (Wildman–Crippen LogP) is 1.52. The number of nitrogens with zero attached hydrogens (tertiary/aromatic N) is 2. The van der Waals surface area contributed by atoms with Crippen molar-refractivity contribution < 1.29 is 17.9 Å². The van der Waals surface area contributed by atoms with E-state index in [1.54, 1.807) is 4.90 Å². The molecular formula is C21H33N3O4S. The summed E-state index contributed by atoms with van der Waals surface area (Å²) in [6.45, 7) is 9.11. The zero-order chi connectivity index (χ0) is 21.2. The van der Waals surface area contributed by atoms with Crippen LogP contribution in [0.2, 0.25) is 0 Å². The molecule has 29 heavy (non-hydrogen) atoms. The number of benzene rings is 1. The van der Waals surface area contributed by atoms with Crippen molar-refractivity contribution in [1.82, 2.24) is 4.90 Å². The fourth-order valence-corrected chi connectivity index (χ4v) is 5.82. The van der Waals surface area contributed by atoms with Gasteiger partial charge in [-0.15, -0.1) is 0 Å². The molecule has 0 aromatic heterocycles. The zero-order valence-electron chi connectivity index (χ0n) is 17.6. The van der Waals surface area contributed by atoms with E-state index in [-0.39, 0.29) is 29.7 Å². The molecule has 4 rings (SSSR count). The summed E-state index contributed by atoms with van der Waals surface area (Å²) in [6, 6.07) is 8.22. The number of fused-ring (bicyclic) bond motifs is 4. The van der Waals surface area contributed by atoms with Crippen LogP contribution in [0.4, 0.5) is 5.69 Å². The highest BCUT2D eigenvalue weighted by Crippen LogP contribution is 2.43. The van der Waals surface area contributed by atoms with E-state index in [1.807, 2.05) is 19.1 Å². The Morgan fingerprint density at radius 1 is 1.21 bits per heavy atom. The SMILES string of the molecule is CCOc1ccc(N2C[C@H]3CN(C(=O)CS(=O)(=O)CCN)C[C@@H]2C(C)(C)C3)cc1.